The Morgan fingerprint density at radius 2 is 2.00 bits per heavy atom. The van der Waals surface area contributed by atoms with Crippen molar-refractivity contribution in [2.45, 2.75) is 63.3 Å². The van der Waals surface area contributed by atoms with Gasteiger partial charge in [-0.1, -0.05) is 12.8 Å². The van der Waals surface area contributed by atoms with E-state index in [1.165, 1.54) is 12.8 Å². The molecule has 0 amide bonds. The molecular weight excluding hydrogens is 202 g/mol. The van der Waals surface area contributed by atoms with Crippen LogP contribution in [0.2, 0.25) is 0 Å². The number of nitriles is 1. The zero-order valence-electron chi connectivity index (χ0n) is 9.56. The van der Waals surface area contributed by atoms with Gasteiger partial charge in [0.05, 0.1) is 24.4 Å². The Morgan fingerprint density at radius 1 is 1.25 bits per heavy atom. The van der Waals surface area contributed by atoms with E-state index in [0.717, 1.165) is 32.1 Å². The lowest BCUT2D eigenvalue weighted by atomic mass is 9.67. The zero-order chi connectivity index (χ0) is 11.2. The van der Waals surface area contributed by atoms with E-state index in [9.17, 15) is 10.4 Å². The first-order valence-electron chi connectivity index (χ1n) is 6.51. The first-order chi connectivity index (χ1) is 7.76. The van der Waals surface area contributed by atoms with Crippen molar-refractivity contribution in [1.82, 2.24) is 0 Å². The van der Waals surface area contributed by atoms with Crippen LogP contribution in [-0.2, 0) is 4.74 Å². The third-order valence-electron chi connectivity index (χ3n) is 4.83. The lowest BCUT2D eigenvalue weighted by molar-refractivity contribution is -0.0263. The standard InChI is InChI=1S/C13H19NO2/c14-8-13(7-10-5-6-11(13)16-10)12(15)9-3-1-2-4-9/h9-12,15H,1-7H2. The first-order valence-corrected chi connectivity index (χ1v) is 6.51. The number of hydrogen-bond acceptors (Lipinski definition) is 3. The van der Waals surface area contributed by atoms with Crippen molar-refractivity contribution in [3.8, 4) is 6.07 Å². The fourth-order valence-corrected chi connectivity index (χ4v) is 3.93. The molecule has 1 aliphatic carbocycles. The van der Waals surface area contributed by atoms with Crippen LogP contribution in [0.15, 0.2) is 0 Å². The summed E-state index contributed by atoms with van der Waals surface area (Å²) in [7, 11) is 0. The summed E-state index contributed by atoms with van der Waals surface area (Å²) in [6.07, 6.45) is 7.15. The summed E-state index contributed by atoms with van der Waals surface area (Å²) in [5.74, 6) is 0.336. The minimum absolute atomic E-state index is 0.00176. The molecule has 3 heteroatoms. The Balaban J connectivity index is 1.82. The van der Waals surface area contributed by atoms with Gasteiger partial charge in [0, 0.05) is 0 Å². The van der Waals surface area contributed by atoms with Crippen molar-refractivity contribution in [2.75, 3.05) is 0 Å². The molecule has 2 aliphatic heterocycles. The van der Waals surface area contributed by atoms with Crippen LogP contribution in [0, 0.1) is 22.7 Å². The van der Waals surface area contributed by atoms with Crippen molar-refractivity contribution in [3.05, 3.63) is 0 Å². The van der Waals surface area contributed by atoms with Crippen molar-refractivity contribution >= 4 is 0 Å². The minimum atomic E-state index is -0.585. The summed E-state index contributed by atoms with van der Waals surface area (Å²) in [6, 6.07) is 2.41. The molecule has 2 bridgehead atoms. The quantitative estimate of drug-likeness (QED) is 0.776. The summed E-state index contributed by atoms with van der Waals surface area (Å²) in [5, 5.41) is 20.0. The predicted octanol–water partition coefficient (Wildman–Crippen LogP) is 2.00. The molecule has 1 N–H and O–H groups in total. The summed E-state index contributed by atoms with van der Waals surface area (Å²) in [5.41, 5.74) is -0.585. The van der Waals surface area contributed by atoms with E-state index in [1.807, 2.05) is 0 Å². The van der Waals surface area contributed by atoms with Gasteiger partial charge in [0.15, 0.2) is 0 Å². The van der Waals surface area contributed by atoms with Crippen molar-refractivity contribution < 1.29 is 9.84 Å². The van der Waals surface area contributed by atoms with Gasteiger partial charge in [-0.2, -0.15) is 5.26 Å². The van der Waals surface area contributed by atoms with Crippen LogP contribution in [0.3, 0.4) is 0 Å². The van der Waals surface area contributed by atoms with Crippen molar-refractivity contribution in [2.24, 2.45) is 11.3 Å². The second kappa shape index (κ2) is 3.72. The molecule has 0 spiro atoms. The average molecular weight is 221 g/mol. The van der Waals surface area contributed by atoms with Crippen LogP contribution >= 0.6 is 0 Å². The number of ether oxygens (including phenoxy) is 1. The molecule has 0 aromatic carbocycles. The molecule has 0 aromatic heterocycles. The van der Waals surface area contributed by atoms with E-state index >= 15 is 0 Å². The summed E-state index contributed by atoms with van der Waals surface area (Å²) in [4.78, 5) is 0. The smallest absolute Gasteiger partial charge is 0.112 e. The fourth-order valence-electron chi connectivity index (χ4n) is 3.93. The summed E-state index contributed by atoms with van der Waals surface area (Å²) in [6.45, 7) is 0. The lowest BCUT2D eigenvalue weighted by Crippen LogP contribution is -2.45. The minimum Gasteiger partial charge on any atom is -0.391 e. The molecule has 2 saturated heterocycles. The molecule has 3 fully saturated rings. The maximum absolute atomic E-state index is 10.5. The maximum atomic E-state index is 10.5. The second-order valence-corrected chi connectivity index (χ2v) is 5.67. The molecule has 0 aromatic rings. The van der Waals surface area contributed by atoms with Crippen LogP contribution < -0.4 is 0 Å². The van der Waals surface area contributed by atoms with Gasteiger partial charge in [0.2, 0.25) is 0 Å². The Morgan fingerprint density at radius 3 is 2.50 bits per heavy atom. The predicted molar refractivity (Wildman–Crippen MR) is 58.5 cm³/mol. The number of aliphatic hydroxyl groups is 1. The Bertz CT molecular complexity index is 318. The van der Waals surface area contributed by atoms with Crippen LogP contribution in [0.25, 0.3) is 0 Å². The Hall–Kier alpha value is -0.590. The van der Waals surface area contributed by atoms with Gasteiger partial charge in [0.1, 0.15) is 5.41 Å². The topological polar surface area (TPSA) is 53.2 Å². The van der Waals surface area contributed by atoms with Crippen molar-refractivity contribution in [3.63, 3.8) is 0 Å². The molecule has 16 heavy (non-hydrogen) atoms. The molecule has 4 atom stereocenters. The van der Waals surface area contributed by atoms with E-state index in [-0.39, 0.29) is 12.2 Å². The third kappa shape index (κ3) is 1.33. The summed E-state index contributed by atoms with van der Waals surface area (Å²) < 4.78 is 5.78. The molecule has 88 valence electrons. The highest BCUT2D eigenvalue weighted by Gasteiger charge is 2.58. The highest BCUT2D eigenvalue weighted by Crippen LogP contribution is 2.52. The van der Waals surface area contributed by atoms with E-state index in [0.29, 0.717) is 5.92 Å². The molecular formula is C13H19NO2. The highest BCUT2D eigenvalue weighted by molar-refractivity contribution is 5.16. The van der Waals surface area contributed by atoms with E-state index in [2.05, 4.69) is 6.07 Å². The number of hydrogen-bond donors (Lipinski definition) is 1. The van der Waals surface area contributed by atoms with Gasteiger partial charge in [-0.15, -0.1) is 0 Å². The van der Waals surface area contributed by atoms with Crippen LogP contribution in [0.5, 0.6) is 0 Å². The molecule has 4 unspecified atom stereocenters. The van der Waals surface area contributed by atoms with Gasteiger partial charge in [-0.3, -0.25) is 0 Å². The van der Waals surface area contributed by atoms with Crippen molar-refractivity contribution in [1.29, 1.82) is 5.26 Å². The molecule has 2 heterocycles. The molecule has 3 aliphatic rings. The number of aliphatic hydroxyl groups excluding tert-OH is 1. The second-order valence-electron chi connectivity index (χ2n) is 5.67. The number of fused-ring (bicyclic) bond motifs is 2. The number of nitrogens with zero attached hydrogens (tertiary/aromatic N) is 1. The average Bonchev–Trinajstić information content (AvgIpc) is 3.03. The largest absolute Gasteiger partial charge is 0.391 e. The maximum Gasteiger partial charge on any atom is 0.112 e. The van der Waals surface area contributed by atoms with Gasteiger partial charge < -0.3 is 9.84 Å². The molecule has 3 rings (SSSR count). The lowest BCUT2D eigenvalue weighted by Gasteiger charge is -2.36. The van der Waals surface area contributed by atoms with Gasteiger partial charge in [-0.05, 0) is 38.0 Å². The Kier molecular flexibility index (Phi) is 2.45. The van der Waals surface area contributed by atoms with Gasteiger partial charge in [0.25, 0.3) is 0 Å². The van der Waals surface area contributed by atoms with Gasteiger partial charge >= 0.3 is 0 Å². The molecule has 3 nitrogen and oxygen atoms in total. The fraction of sp³-hybridized carbons (Fsp3) is 0.923. The first kappa shape index (κ1) is 10.6. The van der Waals surface area contributed by atoms with E-state index in [1.54, 1.807) is 0 Å². The monoisotopic (exact) mass is 221 g/mol. The van der Waals surface area contributed by atoms with Crippen LogP contribution in [0.4, 0.5) is 0 Å². The van der Waals surface area contributed by atoms with E-state index < -0.39 is 11.5 Å². The molecule has 0 radical (unpaired) electrons. The van der Waals surface area contributed by atoms with Gasteiger partial charge in [-0.25, -0.2) is 0 Å². The van der Waals surface area contributed by atoms with Crippen LogP contribution in [-0.4, -0.2) is 23.4 Å². The normalized spacial score (nSPS) is 44.8. The summed E-state index contributed by atoms with van der Waals surface area (Å²) >= 11 is 0. The highest BCUT2D eigenvalue weighted by atomic mass is 16.5. The third-order valence-corrected chi connectivity index (χ3v) is 4.83. The Labute approximate surface area is 96.4 Å². The zero-order valence-corrected chi connectivity index (χ0v) is 9.56. The van der Waals surface area contributed by atoms with E-state index in [4.69, 9.17) is 4.74 Å². The number of rotatable bonds is 2. The molecule has 1 saturated carbocycles. The SMILES string of the molecule is N#CC1(C(O)C2CCCC2)CC2CCC1O2. The van der Waals surface area contributed by atoms with Crippen LogP contribution in [0.1, 0.15) is 44.9 Å².